The van der Waals surface area contributed by atoms with E-state index in [9.17, 15) is 4.79 Å². The molecule has 3 aliphatic rings. The van der Waals surface area contributed by atoms with Gasteiger partial charge in [0.15, 0.2) is 5.78 Å². The van der Waals surface area contributed by atoms with E-state index in [0.29, 0.717) is 11.7 Å². The standard InChI is InChI=1S/C17H24O2/c1-12(2)10-17-13(11-19-3)7-9-16(17)8-5-4-6-14(16)15(17)18/h10-11,14H,4-9H2,1-3H3/b13-11+/t14-,16+,17-/m1/s1. The fourth-order valence-corrected chi connectivity index (χ4v) is 5.10. The van der Waals surface area contributed by atoms with Crippen molar-refractivity contribution >= 4 is 5.78 Å². The summed E-state index contributed by atoms with van der Waals surface area (Å²) < 4.78 is 5.27. The molecule has 3 fully saturated rings. The summed E-state index contributed by atoms with van der Waals surface area (Å²) in [5, 5.41) is 0. The zero-order chi connectivity index (χ0) is 13.7. The Morgan fingerprint density at radius 3 is 2.79 bits per heavy atom. The van der Waals surface area contributed by atoms with Gasteiger partial charge in [0.2, 0.25) is 0 Å². The molecule has 0 aromatic carbocycles. The van der Waals surface area contributed by atoms with E-state index in [1.54, 1.807) is 7.11 Å². The molecule has 0 radical (unpaired) electrons. The zero-order valence-electron chi connectivity index (χ0n) is 12.3. The molecule has 0 N–H and O–H groups in total. The van der Waals surface area contributed by atoms with E-state index >= 15 is 0 Å². The van der Waals surface area contributed by atoms with Crippen LogP contribution in [0.5, 0.6) is 0 Å². The van der Waals surface area contributed by atoms with Crippen molar-refractivity contribution in [3.8, 4) is 0 Å². The van der Waals surface area contributed by atoms with Gasteiger partial charge in [-0.25, -0.2) is 0 Å². The van der Waals surface area contributed by atoms with Crippen molar-refractivity contribution < 1.29 is 9.53 Å². The first-order valence-corrected chi connectivity index (χ1v) is 7.51. The average molecular weight is 260 g/mol. The third-order valence-corrected chi connectivity index (χ3v) is 5.64. The first-order chi connectivity index (χ1) is 9.08. The first kappa shape index (κ1) is 13.0. The largest absolute Gasteiger partial charge is 0.504 e. The summed E-state index contributed by atoms with van der Waals surface area (Å²) in [5.41, 5.74) is 2.39. The van der Waals surface area contributed by atoms with Crippen LogP contribution in [0.15, 0.2) is 23.5 Å². The molecule has 0 aliphatic heterocycles. The molecule has 2 heteroatoms. The fraction of sp³-hybridized carbons (Fsp3) is 0.706. The van der Waals surface area contributed by atoms with Crippen LogP contribution in [-0.4, -0.2) is 12.9 Å². The monoisotopic (exact) mass is 260 g/mol. The molecule has 3 aliphatic carbocycles. The lowest BCUT2D eigenvalue weighted by Gasteiger charge is -2.61. The van der Waals surface area contributed by atoms with Crippen molar-refractivity contribution in [2.75, 3.05) is 7.11 Å². The van der Waals surface area contributed by atoms with E-state index in [4.69, 9.17) is 4.74 Å². The van der Waals surface area contributed by atoms with E-state index in [0.717, 1.165) is 12.8 Å². The molecule has 0 heterocycles. The van der Waals surface area contributed by atoms with Gasteiger partial charge in [-0.05, 0) is 45.1 Å². The maximum absolute atomic E-state index is 12.9. The lowest BCUT2D eigenvalue weighted by atomic mass is 9.39. The molecular formula is C17H24O2. The number of Topliss-reactive ketones (excluding diaryl/α,β-unsaturated/α-hetero) is 1. The van der Waals surface area contributed by atoms with Gasteiger partial charge in [0, 0.05) is 11.3 Å². The second kappa shape index (κ2) is 4.22. The Hall–Kier alpha value is -1.05. The Balaban J connectivity index is 2.13. The highest BCUT2D eigenvalue weighted by Crippen LogP contribution is 2.74. The number of ketones is 1. The van der Waals surface area contributed by atoms with Gasteiger partial charge < -0.3 is 4.74 Å². The van der Waals surface area contributed by atoms with Crippen molar-refractivity contribution in [2.45, 2.75) is 52.4 Å². The Labute approximate surface area is 115 Å². The van der Waals surface area contributed by atoms with Crippen molar-refractivity contribution in [3.63, 3.8) is 0 Å². The van der Waals surface area contributed by atoms with E-state index in [2.05, 4.69) is 19.9 Å². The van der Waals surface area contributed by atoms with Gasteiger partial charge >= 0.3 is 0 Å². The van der Waals surface area contributed by atoms with Gasteiger partial charge in [-0.15, -0.1) is 0 Å². The molecule has 104 valence electrons. The number of methoxy groups -OCH3 is 1. The summed E-state index contributed by atoms with van der Waals surface area (Å²) in [7, 11) is 1.69. The minimum atomic E-state index is -0.313. The number of allylic oxidation sites excluding steroid dienone is 3. The van der Waals surface area contributed by atoms with E-state index in [1.807, 2.05) is 6.26 Å². The van der Waals surface area contributed by atoms with Crippen LogP contribution in [0, 0.1) is 16.7 Å². The molecule has 0 aromatic rings. The summed E-state index contributed by atoms with van der Waals surface area (Å²) >= 11 is 0. The lowest BCUT2D eigenvalue weighted by Crippen LogP contribution is -2.64. The molecule has 0 bridgehead atoms. The topological polar surface area (TPSA) is 26.3 Å². The van der Waals surface area contributed by atoms with Crippen molar-refractivity contribution in [3.05, 3.63) is 23.5 Å². The predicted octanol–water partition coefficient (Wildman–Crippen LogP) is 4.02. The number of ether oxygens (including phenoxy) is 1. The van der Waals surface area contributed by atoms with E-state index < -0.39 is 0 Å². The molecule has 2 nitrogen and oxygen atoms in total. The normalized spacial score (nSPS) is 42.4. The zero-order valence-corrected chi connectivity index (χ0v) is 12.3. The number of carbonyl (C=O) groups is 1. The Morgan fingerprint density at radius 1 is 1.32 bits per heavy atom. The van der Waals surface area contributed by atoms with Crippen LogP contribution in [0.3, 0.4) is 0 Å². The molecule has 3 saturated carbocycles. The van der Waals surface area contributed by atoms with Gasteiger partial charge in [0.1, 0.15) is 0 Å². The first-order valence-electron chi connectivity index (χ1n) is 7.51. The predicted molar refractivity (Wildman–Crippen MR) is 75.6 cm³/mol. The number of carbonyl (C=O) groups excluding carboxylic acids is 1. The minimum absolute atomic E-state index is 0.226. The van der Waals surface area contributed by atoms with Crippen LogP contribution in [0.2, 0.25) is 0 Å². The molecule has 0 unspecified atom stereocenters. The van der Waals surface area contributed by atoms with E-state index in [-0.39, 0.29) is 10.8 Å². The lowest BCUT2D eigenvalue weighted by molar-refractivity contribution is -0.166. The van der Waals surface area contributed by atoms with E-state index in [1.165, 1.54) is 36.8 Å². The summed E-state index contributed by atoms with van der Waals surface area (Å²) in [6.07, 6.45) is 11.1. The third-order valence-electron chi connectivity index (χ3n) is 5.64. The summed E-state index contributed by atoms with van der Waals surface area (Å²) in [5.74, 6) is 0.786. The quantitative estimate of drug-likeness (QED) is 0.553. The van der Waals surface area contributed by atoms with Gasteiger partial charge in [-0.3, -0.25) is 4.79 Å². The Bertz CT molecular complexity index is 470. The maximum atomic E-state index is 12.9. The second-order valence-corrected chi connectivity index (χ2v) is 6.73. The van der Waals surface area contributed by atoms with Crippen LogP contribution in [0.25, 0.3) is 0 Å². The third kappa shape index (κ3) is 1.40. The summed E-state index contributed by atoms with van der Waals surface area (Å²) in [6.45, 7) is 4.21. The SMILES string of the molecule is CO/C=C1\CC[C@@]23CCCC[C@@H]2C(=O)[C@@]13C=C(C)C. The maximum Gasteiger partial charge on any atom is 0.151 e. The van der Waals surface area contributed by atoms with Gasteiger partial charge in [0.25, 0.3) is 0 Å². The number of rotatable bonds is 2. The van der Waals surface area contributed by atoms with Crippen molar-refractivity contribution in [1.82, 2.24) is 0 Å². The van der Waals surface area contributed by atoms with Gasteiger partial charge in [-0.1, -0.05) is 24.5 Å². The van der Waals surface area contributed by atoms with Crippen LogP contribution in [-0.2, 0) is 9.53 Å². The second-order valence-electron chi connectivity index (χ2n) is 6.73. The average Bonchev–Trinajstić information content (AvgIpc) is 2.62. The molecule has 0 aromatic heterocycles. The number of hydrogen-bond acceptors (Lipinski definition) is 2. The molecule has 0 amide bonds. The smallest absolute Gasteiger partial charge is 0.151 e. The van der Waals surface area contributed by atoms with Crippen molar-refractivity contribution in [1.29, 1.82) is 0 Å². The van der Waals surface area contributed by atoms with Gasteiger partial charge in [-0.2, -0.15) is 0 Å². The summed E-state index contributed by atoms with van der Waals surface area (Å²) in [4.78, 5) is 12.9. The molecule has 1 spiro atoms. The Morgan fingerprint density at radius 2 is 2.11 bits per heavy atom. The highest BCUT2D eigenvalue weighted by atomic mass is 16.5. The van der Waals surface area contributed by atoms with Crippen molar-refractivity contribution in [2.24, 2.45) is 16.7 Å². The minimum Gasteiger partial charge on any atom is -0.504 e. The van der Waals surface area contributed by atoms with Gasteiger partial charge in [0.05, 0.1) is 18.8 Å². The fourth-order valence-electron chi connectivity index (χ4n) is 5.10. The molecule has 3 atom stereocenters. The summed E-state index contributed by atoms with van der Waals surface area (Å²) in [6, 6.07) is 0. The molecule has 19 heavy (non-hydrogen) atoms. The molecular weight excluding hydrogens is 236 g/mol. The molecule has 3 rings (SSSR count). The Kier molecular flexibility index (Phi) is 2.88. The highest BCUT2D eigenvalue weighted by molar-refractivity contribution is 6.01. The number of hydrogen-bond donors (Lipinski definition) is 0. The van der Waals surface area contributed by atoms with Crippen LogP contribution in [0.1, 0.15) is 52.4 Å². The molecule has 0 saturated heterocycles. The van der Waals surface area contributed by atoms with Crippen LogP contribution < -0.4 is 0 Å². The van der Waals surface area contributed by atoms with Crippen LogP contribution in [0.4, 0.5) is 0 Å². The van der Waals surface area contributed by atoms with Crippen LogP contribution >= 0.6 is 0 Å². The highest BCUT2D eigenvalue weighted by Gasteiger charge is 2.74.